The molecule has 0 amide bonds. The summed E-state index contributed by atoms with van der Waals surface area (Å²) >= 11 is 1.50. The smallest absolute Gasteiger partial charge is 0.188 e. The number of hydrogen-bond acceptors (Lipinski definition) is 4. The summed E-state index contributed by atoms with van der Waals surface area (Å²) < 4.78 is 13.0. The molecule has 2 atom stereocenters. The number of hydrogen-bond donors (Lipinski definition) is 1. The van der Waals surface area contributed by atoms with Crippen LogP contribution in [0.4, 0.5) is 4.39 Å². The zero-order valence-electron chi connectivity index (χ0n) is 10.9. The van der Waals surface area contributed by atoms with E-state index in [1.165, 1.54) is 23.9 Å². The maximum Gasteiger partial charge on any atom is 0.188 e. The van der Waals surface area contributed by atoms with Gasteiger partial charge in [0.1, 0.15) is 5.82 Å². The molecule has 1 aromatic carbocycles. The van der Waals surface area contributed by atoms with Gasteiger partial charge in [0.25, 0.3) is 0 Å². The zero-order valence-corrected chi connectivity index (χ0v) is 11.7. The average Bonchev–Trinajstić information content (AvgIpc) is 2.37. The van der Waals surface area contributed by atoms with Gasteiger partial charge in [-0.3, -0.25) is 0 Å². The summed E-state index contributed by atoms with van der Waals surface area (Å²) in [6, 6.07) is 8.17. The Kier molecular flexibility index (Phi) is 4.50. The highest BCUT2D eigenvalue weighted by molar-refractivity contribution is 7.99. The van der Waals surface area contributed by atoms with Crippen LogP contribution in [-0.2, 0) is 0 Å². The van der Waals surface area contributed by atoms with Crippen molar-refractivity contribution < 1.29 is 4.39 Å². The number of rotatable bonds is 4. The molecule has 0 radical (unpaired) electrons. The SMILES string of the molecule is Cc1ccnc(SC(c2ccc(F)cc2)C(C)N)n1. The van der Waals surface area contributed by atoms with Gasteiger partial charge in [-0.2, -0.15) is 0 Å². The second-order valence-electron chi connectivity index (χ2n) is 4.43. The third-order valence-corrected chi connectivity index (χ3v) is 4.04. The van der Waals surface area contributed by atoms with Gasteiger partial charge in [-0.25, -0.2) is 14.4 Å². The molecule has 0 fully saturated rings. The maximum atomic E-state index is 13.0. The summed E-state index contributed by atoms with van der Waals surface area (Å²) in [5, 5.41) is 0.689. The highest BCUT2D eigenvalue weighted by Gasteiger charge is 2.19. The van der Waals surface area contributed by atoms with Crippen molar-refractivity contribution in [3.8, 4) is 0 Å². The first-order valence-electron chi connectivity index (χ1n) is 6.03. The fourth-order valence-electron chi connectivity index (χ4n) is 1.73. The first-order chi connectivity index (χ1) is 9.06. The number of thioether (sulfide) groups is 1. The largest absolute Gasteiger partial charge is 0.327 e. The Morgan fingerprint density at radius 1 is 1.21 bits per heavy atom. The maximum absolute atomic E-state index is 13.0. The van der Waals surface area contributed by atoms with E-state index in [-0.39, 0.29) is 17.1 Å². The van der Waals surface area contributed by atoms with Crippen molar-refractivity contribution in [2.75, 3.05) is 0 Å². The zero-order chi connectivity index (χ0) is 13.8. The van der Waals surface area contributed by atoms with Crippen LogP contribution in [0.2, 0.25) is 0 Å². The molecular formula is C14H16FN3S. The molecule has 0 aliphatic heterocycles. The van der Waals surface area contributed by atoms with Crippen LogP contribution in [0.1, 0.15) is 23.4 Å². The molecule has 0 aliphatic carbocycles. The van der Waals surface area contributed by atoms with E-state index >= 15 is 0 Å². The molecule has 1 heterocycles. The fourth-order valence-corrected chi connectivity index (χ4v) is 2.78. The minimum absolute atomic E-state index is 0.00222. The molecule has 0 saturated heterocycles. The number of nitrogens with two attached hydrogens (primary N) is 1. The lowest BCUT2D eigenvalue weighted by molar-refractivity contribution is 0.625. The van der Waals surface area contributed by atoms with Crippen molar-refractivity contribution >= 4 is 11.8 Å². The lowest BCUT2D eigenvalue weighted by Crippen LogP contribution is -2.22. The van der Waals surface area contributed by atoms with E-state index in [2.05, 4.69) is 9.97 Å². The summed E-state index contributed by atoms with van der Waals surface area (Å²) in [6.07, 6.45) is 1.73. The quantitative estimate of drug-likeness (QED) is 0.689. The summed E-state index contributed by atoms with van der Waals surface area (Å²) in [5.74, 6) is -0.246. The number of nitrogens with zero attached hydrogens (tertiary/aromatic N) is 2. The molecule has 0 bridgehead atoms. The predicted molar refractivity (Wildman–Crippen MR) is 75.4 cm³/mol. The van der Waals surface area contributed by atoms with Crippen LogP contribution in [0.5, 0.6) is 0 Å². The predicted octanol–water partition coefficient (Wildman–Crippen LogP) is 3.10. The number of benzene rings is 1. The van der Waals surface area contributed by atoms with E-state index in [1.807, 2.05) is 19.9 Å². The van der Waals surface area contributed by atoms with E-state index in [0.29, 0.717) is 5.16 Å². The standard InChI is InChI=1S/C14H16FN3S/c1-9-7-8-17-14(18-9)19-13(10(2)16)11-3-5-12(15)6-4-11/h3-8,10,13H,16H2,1-2H3. The molecule has 0 saturated carbocycles. The summed E-state index contributed by atoms with van der Waals surface area (Å²) in [4.78, 5) is 8.59. The van der Waals surface area contributed by atoms with Crippen molar-refractivity contribution in [1.82, 2.24) is 9.97 Å². The van der Waals surface area contributed by atoms with Gasteiger partial charge in [-0.15, -0.1) is 0 Å². The van der Waals surface area contributed by atoms with E-state index in [0.717, 1.165) is 11.3 Å². The molecule has 0 aliphatic rings. The first kappa shape index (κ1) is 14.0. The Morgan fingerprint density at radius 3 is 2.47 bits per heavy atom. The summed E-state index contributed by atoms with van der Waals surface area (Å²) in [5.41, 5.74) is 7.92. The molecule has 2 unspecified atom stereocenters. The van der Waals surface area contributed by atoms with Gasteiger partial charge in [0.15, 0.2) is 5.16 Å². The molecule has 19 heavy (non-hydrogen) atoms. The number of aryl methyl sites for hydroxylation is 1. The molecule has 2 N–H and O–H groups in total. The monoisotopic (exact) mass is 277 g/mol. The third kappa shape index (κ3) is 3.75. The van der Waals surface area contributed by atoms with Crippen molar-refractivity contribution in [2.24, 2.45) is 5.73 Å². The van der Waals surface area contributed by atoms with Gasteiger partial charge in [0.2, 0.25) is 0 Å². The Bertz CT molecular complexity index is 543. The van der Waals surface area contributed by atoms with Crippen molar-refractivity contribution in [2.45, 2.75) is 30.3 Å². The second-order valence-corrected chi connectivity index (χ2v) is 5.54. The average molecular weight is 277 g/mol. The van der Waals surface area contributed by atoms with Crippen LogP contribution in [0.25, 0.3) is 0 Å². The van der Waals surface area contributed by atoms with Crippen LogP contribution in [0.3, 0.4) is 0 Å². The number of aromatic nitrogens is 2. The minimum atomic E-state index is -0.246. The molecule has 1 aromatic heterocycles. The molecular weight excluding hydrogens is 261 g/mol. The molecule has 2 rings (SSSR count). The molecule has 100 valence electrons. The summed E-state index contributed by atoms with van der Waals surface area (Å²) in [6.45, 7) is 3.85. The third-order valence-electron chi connectivity index (χ3n) is 2.68. The van der Waals surface area contributed by atoms with Gasteiger partial charge in [-0.05, 0) is 37.6 Å². The Morgan fingerprint density at radius 2 is 1.89 bits per heavy atom. The van der Waals surface area contributed by atoms with E-state index in [9.17, 15) is 4.39 Å². The van der Waals surface area contributed by atoms with Crippen LogP contribution >= 0.6 is 11.8 Å². The Labute approximate surface area is 116 Å². The van der Waals surface area contributed by atoms with E-state index < -0.39 is 0 Å². The van der Waals surface area contributed by atoms with Gasteiger partial charge >= 0.3 is 0 Å². The van der Waals surface area contributed by atoms with Crippen LogP contribution in [-0.4, -0.2) is 16.0 Å². The highest BCUT2D eigenvalue weighted by Crippen LogP contribution is 2.35. The topological polar surface area (TPSA) is 51.8 Å². The van der Waals surface area contributed by atoms with Crippen LogP contribution in [0, 0.1) is 12.7 Å². The molecule has 3 nitrogen and oxygen atoms in total. The van der Waals surface area contributed by atoms with Crippen LogP contribution < -0.4 is 5.73 Å². The van der Waals surface area contributed by atoms with E-state index in [4.69, 9.17) is 5.73 Å². The Hall–Kier alpha value is -1.46. The molecule has 5 heteroatoms. The van der Waals surface area contributed by atoms with Crippen molar-refractivity contribution in [3.63, 3.8) is 0 Å². The highest BCUT2D eigenvalue weighted by atomic mass is 32.2. The lowest BCUT2D eigenvalue weighted by atomic mass is 10.1. The lowest BCUT2D eigenvalue weighted by Gasteiger charge is -2.19. The van der Waals surface area contributed by atoms with Gasteiger partial charge in [0.05, 0.1) is 5.25 Å². The first-order valence-corrected chi connectivity index (χ1v) is 6.91. The van der Waals surface area contributed by atoms with Crippen LogP contribution in [0.15, 0.2) is 41.7 Å². The fraction of sp³-hybridized carbons (Fsp3) is 0.286. The van der Waals surface area contributed by atoms with Crippen molar-refractivity contribution in [3.05, 3.63) is 53.6 Å². The normalized spacial score (nSPS) is 14.1. The second kappa shape index (κ2) is 6.12. The summed E-state index contributed by atoms with van der Waals surface area (Å²) in [7, 11) is 0. The van der Waals surface area contributed by atoms with Gasteiger partial charge in [-0.1, -0.05) is 23.9 Å². The molecule has 2 aromatic rings. The number of halogens is 1. The molecule has 0 spiro atoms. The Balaban J connectivity index is 2.23. The minimum Gasteiger partial charge on any atom is -0.327 e. The van der Waals surface area contributed by atoms with Gasteiger partial charge < -0.3 is 5.73 Å². The van der Waals surface area contributed by atoms with Crippen molar-refractivity contribution in [1.29, 1.82) is 0 Å². The van der Waals surface area contributed by atoms with Gasteiger partial charge in [0, 0.05) is 17.9 Å². The van der Waals surface area contributed by atoms with E-state index in [1.54, 1.807) is 18.3 Å².